The minimum absolute atomic E-state index is 0.109. The number of allylic oxidation sites excluding steroid dienone is 2. The molecular weight excluding hydrogens is 549 g/mol. The third-order valence-corrected chi connectivity index (χ3v) is 7.91. The zero-order valence-electron chi connectivity index (χ0n) is 22.4. The fourth-order valence-corrected chi connectivity index (χ4v) is 6.10. The van der Waals surface area contributed by atoms with Gasteiger partial charge in [-0.05, 0) is 61.9 Å². The quantitative estimate of drug-likeness (QED) is 0.245. The van der Waals surface area contributed by atoms with Crippen LogP contribution in [-0.2, 0) is 15.7 Å². The Morgan fingerprint density at radius 1 is 1.12 bits per heavy atom. The topological polar surface area (TPSA) is 78.2 Å². The average molecular weight is 575 g/mol. The largest absolute Gasteiger partial charge is 0.463 e. The molecule has 0 aliphatic carbocycles. The van der Waals surface area contributed by atoms with Crippen molar-refractivity contribution in [2.45, 2.75) is 25.9 Å². The monoisotopic (exact) mass is 574 g/mol. The van der Waals surface area contributed by atoms with Crippen LogP contribution in [0.3, 0.4) is 0 Å². The fourth-order valence-electron chi connectivity index (χ4n) is 5.06. The lowest BCUT2D eigenvalue weighted by Gasteiger charge is -2.39. The summed E-state index contributed by atoms with van der Waals surface area (Å²) in [5.74, 6) is -0.805. The Labute approximate surface area is 239 Å². The molecule has 208 valence electrons. The van der Waals surface area contributed by atoms with Gasteiger partial charge >= 0.3 is 12.1 Å². The summed E-state index contributed by atoms with van der Waals surface area (Å²) in [5, 5.41) is 13.2. The van der Waals surface area contributed by atoms with E-state index in [1.807, 2.05) is 24.3 Å². The minimum Gasteiger partial charge on any atom is -0.463 e. The van der Waals surface area contributed by atoms with Crippen LogP contribution in [0.15, 0.2) is 89.9 Å². The molecule has 0 saturated carbocycles. The van der Waals surface area contributed by atoms with Crippen LogP contribution in [0.2, 0.25) is 0 Å². The van der Waals surface area contributed by atoms with Crippen molar-refractivity contribution in [1.82, 2.24) is 10.3 Å². The van der Waals surface area contributed by atoms with Crippen LogP contribution in [-0.4, -0.2) is 24.6 Å². The predicted molar refractivity (Wildman–Crippen MR) is 153 cm³/mol. The van der Waals surface area contributed by atoms with Crippen LogP contribution in [0.5, 0.6) is 0 Å². The van der Waals surface area contributed by atoms with E-state index in [9.17, 15) is 23.2 Å². The molecule has 41 heavy (non-hydrogen) atoms. The van der Waals surface area contributed by atoms with Crippen molar-refractivity contribution >= 4 is 38.8 Å². The van der Waals surface area contributed by atoms with Crippen LogP contribution in [0.1, 0.15) is 41.5 Å². The number of hydrogen-bond donors (Lipinski definition) is 1. The zero-order chi connectivity index (χ0) is 29.3. The molecule has 0 saturated heterocycles. The highest BCUT2D eigenvalue weighted by atomic mass is 32.1. The first-order valence-corrected chi connectivity index (χ1v) is 13.6. The number of benzene rings is 3. The van der Waals surface area contributed by atoms with Gasteiger partial charge in [0.05, 0.1) is 39.6 Å². The second-order valence-electron chi connectivity index (χ2n) is 9.27. The molecule has 0 spiro atoms. The van der Waals surface area contributed by atoms with Crippen molar-refractivity contribution < 1.29 is 22.7 Å². The Kier molecular flexibility index (Phi) is 7.56. The van der Waals surface area contributed by atoms with Crippen molar-refractivity contribution in [1.29, 1.82) is 5.26 Å². The van der Waals surface area contributed by atoms with E-state index in [0.29, 0.717) is 33.2 Å². The number of thiazole rings is 1. The molecule has 10 heteroatoms. The number of hydrogen-bond acceptors (Lipinski definition) is 7. The lowest BCUT2D eigenvalue weighted by molar-refractivity contribution is -0.139. The summed E-state index contributed by atoms with van der Waals surface area (Å²) in [5.41, 5.74) is 2.60. The normalized spacial score (nSPS) is 15.7. The van der Waals surface area contributed by atoms with Gasteiger partial charge in [-0.2, -0.15) is 18.4 Å². The van der Waals surface area contributed by atoms with E-state index in [0.717, 1.165) is 22.3 Å². The van der Waals surface area contributed by atoms with E-state index in [-0.39, 0.29) is 17.9 Å². The molecule has 0 fully saturated rings. The van der Waals surface area contributed by atoms with Crippen molar-refractivity contribution in [2.24, 2.45) is 0 Å². The number of nitriles is 1. The first kappa shape index (κ1) is 27.9. The van der Waals surface area contributed by atoms with Crippen molar-refractivity contribution in [3.05, 3.63) is 112 Å². The Morgan fingerprint density at radius 2 is 1.85 bits per heavy atom. The Morgan fingerprint density at radius 3 is 2.49 bits per heavy atom. The van der Waals surface area contributed by atoms with Gasteiger partial charge in [-0.1, -0.05) is 30.3 Å². The van der Waals surface area contributed by atoms with E-state index < -0.39 is 23.6 Å². The number of para-hydroxylation sites is 1. The number of nitrogens with one attached hydrogen (secondary N) is 1. The van der Waals surface area contributed by atoms with E-state index in [1.165, 1.54) is 17.4 Å². The van der Waals surface area contributed by atoms with Crippen LogP contribution in [0.25, 0.3) is 15.8 Å². The molecule has 3 aromatic carbocycles. The lowest BCUT2D eigenvalue weighted by Crippen LogP contribution is -2.38. The number of halogens is 3. The van der Waals surface area contributed by atoms with E-state index in [4.69, 9.17) is 9.72 Å². The number of carbonyl (C=O) groups is 1. The van der Waals surface area contributed by atoms with E-state index in [2.05, 4.69) is 11.4 Å². The highest BCUT2D eigenvalue weighted by Gasteiger charge is 2.41. The molecular formula is C31H25F3N4O2S. The molecule has 2 heterocycles. The lowest BCUT2D eigenvalue weighted by atomic mass is 9.80. The van der Waals surface area contributed by atoms with Crippen LogP contribution < -0.4 is 10.2 Å². The maximum Gasteiger partial charge on any atom is 0.416 e. The summed E-state index contributed by atoms with van der Waals surface area (Å²) in [4.78, 5) is 20.2. The summed E-state index contributed by atoms with van der Waals surface area (Å²) in [6.07, 6.45) is -4.56. The third kappa shape index (κ3) is 5.16. The molecule has 1 unspecified atom stereocenters. The maximum atomic E-state index is 13.8. The number of anilines is 1. The summed E-state index contributed by atoms with van der Waals surface area (Å²) >= 11 is 1.42. The highest BCUT2D eigenvalue weighted by Crippen LogP contribution is 2.49. The summed E-state index contributed by atoms with van der Waals surface area (Å²) in [7, 11) is 1.68. The summed E-state index contributed by atoms with van der Waals surface area (Å²) < 4.78 is 47.7. The molecule has 6 nitrogen and oxygen atoms in total. The SMILES string of the molecule is CCOC(=O)C1=C(C)N(c2cccc(C(F)(F)F)c2)C(NC)=C(c2nc3ccccc3s2)C1c1ccc(C#N)cc1. The van der Waals surface area contributed by atoms with Gasteiger partial charge in [-0.15, -0.1) is 11.3 Å². The number of rotatable bonds is 6. The smallest absolute Gasteiger partial charge is 0.416 e. The van der Waals surface area contributed by atoms with Gasteiger partial charge in [0.2, 0.25) is 0 Å². The molecule has 0 radical (unpaired) electrons. The second-order valence-corrected chi connectivity index (χ2v) is 10.3. The first-order valence-electron chi connectivity index (χ1n) is 12.8. The van der Waals surface area contributed by atoms with Gasteiger partial charge in [0.15, 0.2) is 0 Å². The first-order chi connectivity index (χ1) is 19.7. The minimum atomic E-state index is -4.56. The van der Waals surface area contributed by atoms with Crippen LogP contribution >= 0.6 is 11.3 Å². The molecule has 0 amide bonds. The number of ether oxygens (including phenoxy) is 1. The molecule has 1 N–H and O–H groups in total. The van der Waals surface area contributed by atoms with Gasteiger partial charge in [0.25, 0.3) is 0 Å². The fraction of sp³-hybridized carbons (Fsp3) is 0.194. The molecule has 1 aliphatic rings. The predicted octanol–water partition coefficient (Wildman–Crippen LogP) is 7.22. The van der Waals surface area contributed by atoms with Crippen molar-refractivity contribution in [3.8, 4) is 6.07 Å². The molecule has 1 aliphatic heterocycles. The zero-order valence-corrected chi connectivity index (χ0v) is 23.2. The van der Waals surface area contributed by atoms with Crippen LogP contribution in [0, 0.1) is 11.3 Å². The van der Waals surface area contributed by atoms with Gasteiger partial charge in [0, 0.05) is 29.9 Å². The van der Waals surface area contributed by atoms with E-state index >= 15 is 0 Å². The Bertz CT molecular complexity index is 1700. The maximum absolute atomic E-state index is 13.8. The van der Waals surface area contributed by atoms with Crippen molar-refractivity contribution in [3.63, 3.8) is 0 Å². The third-order valence-electron chi connectivity index (χ3n) is 6.84. The number of carbonyl (C=O) groups excluding carboxylic acids is 1. The van der Waals surface area contributed by atoms with Crippen molar-refractivity contribution in [2.75, 3.05) is 18.6 Å². The van der Waals surface area contributed by atoms with Gasteiger partial charge in [-0.25, -0.2) is 9.78 Å². The van der Waals surface area contributed by atoms with E-state index in [1.54, 1.807) is 56.1 Å². The Hall–Kier alpha value is -4.62. The van der Waals surface area contributed by atoms with Gasteiger partial charge in [-0.3, -0.25) is 0 Å². The average Bonchev–Trinajstić information content (AvgIpc) is 3.40. The molecule has 5 rings (SSSR count). The molecule has 4 aromatic rings. The van der Waals surface area contributed by atoms with Gasteiger partial charge in [0.1, 0.15) is 10.8 Å². The second kappa shape index (κ2) is 11.1. The highest BCUT2D eigenvalue weighted by molar-refractivity contribution is 7.19. The number of alkyl halides is 3. The summed E-state index contributed by atoms with van der Waals surface area (Å²) in [6, 6.07) is 21.6. The Balaban J connectivity index is 1.85. The van der Waals surface area contributed by atoms with Crippen LogP contribution in [0.4, 0.5) is 18.9 Å². The summed E-state index contributed by atoms with van der Waals surface area (Å²) in [6.45, 7) is 3.50. The number of esters is 1. The standard InChI is InChI=1S/C31H25F3N4O2S/c1-4-40-30(39)25-18(2)38(22-9-7-8-21(16-22)31(32,33)34)28(36-3)27(26(25)20-14-12-19(17-35)13-15-20)29-37-23-10-5-6-11-24(23)41-29/h5-16,26,36H,4H2,1-3H3. The molecule has 1 aromatic heterocycles. The van der Waals surface area contributed by atoms with Gasteiger partial charge < -0.3 is 15.0 Å². The number of fused-ring (bicyclic) bond motifs is 1. The molecule has 0 bridgehead atoms. The molecule has 1 atom stereocenters. The number of nitrogens with zero attached hydrogens (tertiary/aromatic N) is 3. The number of aromatic nitrogens is 1.